The maximum atomic E-state index is 11.2. The van der Waals surface area contributed by atoms with E-state index in [1.165, 1.54) is 0 Å². The Kier molecular flexibility index (Phi) is 3.83. The molecule has 3 aromatic rings. The molecule has 0 amide bonds. The average molecular weight is 328 g/mol. The highest BCUT2D eigenvalue weighted by molar-refractivity contribution is 7.07. The van der Waals surface area contributed by atoms with Crippen LogP contribution in [-0.4, -0.2) is 20.4 Å². The normalized spacial score (nSPS) is 11.3. The molecule has 1 aromatic carbocycles. The minimum absolute atomic E-state index is 0.0497. The summed E-state index contributed by atoms with van der Waals surface area (Å²) < 4.78 is 2.06. The van der Waals surface area contributed by atoms with Gasteiger partial charge < -0.3 is 9.55 Å². The molecule has 1 N–H and O–H groups in total. The molecule has 0 unspecified atom stereocenters. The van der Waals surface area contributed by atoms with Crippen LogP contribution in [0.4, 0.5) is 0 Å². The molecule has 20 heavy (non-hydrogen) atoms. The number of hydrogen-bond acceptors (Lipinski definition) is 3. The van der Waals surface area contributed by atoms with E-state index in [-0.39, 0.29) is 4.87 Å². The first-order chi connectivity index (χ1) is 9.67. The third-order valence-electron chi connectivity index (χ3n) is 3.01. The van der Waals surface area contributed by atoms with E-state index in [2.05, 4.69) is 14.5 Å². The largest absolute Gasteiger partial charge is 0.322 e. The number of benzene rings is 1. The number of hydrogen-bond donors (Lipinski definition) is 1. The first kappa shape index (κ1) is 13.7. The van der Waals surface area contributed by atoms with Crippen molar-refractivity contribution in [3.8, 4) is 0 Å². The minimum atomic E-state index is -0.0497. The van der Waals surface area contributed by atoms with E-state index in [0.717, 1.165) is 33.9 Å². The number of aromatic amines is 1. The number of fused-ring (bicyclic) bond motifs is 1. The van der Waals surface area contributed by atoms with Crippen LogP contribution in [-0.2, 0) is 13.0 Å². The Hall–Kier alpha value is -1.30. The fourth-order valence-corrected chi connectivity index (χ4v) is 3.07. The lowest BCUT2D eigenvalue weighted by molar-refractivity contribution is 0.740. The highest BCUT2D eigenvalue weighted by Crippen LogP contribution is 2.22. The molecule has 0 aliphatic rings. The first-order valence-electron chi connectivity index (χ1n) is 6.04. The van der Waals surface area contributed by atoms with Gasteiger partial charge >= 0.3 is 4.87 Å². The minimum Gasteiger partial charge on any atom is -0.322 e. The van der Waals surface area contributed by atoms with Gasteiger partial charge in [0, 0.05) is 28.4 Å². The summed E-state index contributed by atoms with van der Waals surface area (Å²) in [6, 6.07) is 5.61. The molecule has 3 rings (SSSR count). The molecule has 0 radical (unpaired) electrons. The van der Waals surface area contributed by atoms with Crippen LogP contribution in [0.5, 0.6) is 0 Å². The zero-order valence-electron chi connectivity index (χ0n) is 10.4. The number of imidazole rings is 1. The van der Waals surface area contributed by atoms with Crippen molar-refractivity contribution in [2.45, 2.75) is 13.0 Å². The Labute approximate surface area is 129 Å². The molecule has 0 bridgehead atoms. The van der Waals surface area contributed by atoms with E-state index in [9.17, 15) is 4.79 Å². The number of aryl methyl sites for hydroxylation is 1. The highest BCUT2D eigenvalue weighted by Gasteiger charge is 2.12. The van der Waals surface area contributed by atoms with Crippen molar-refractivity contribution >= 4 is 45.6 Å². The predicted octanol–water partition coefficient (Wildman–Crippen LogP) is 3.27. The Morgan fingerprint density at radius 1 is 1.40 bits per heavy atom. The molecule has 104 valence electrons. The van der Waals surface area contributed by atoms with Crippen molar-refractivity contribution < 1.29 is 0 Å². The van der Waals surface area contributed by atoms with Gasteiger partial charge in [-0.2, -0.15) is 0 Å². The van der Waals surface area contributed by atoms with Crippen LogP contribution >= 0.6 is 34.5 Å². The molecule has 7 heteroatoms. The molecule has 0 aliphatic carbocycles. The number of halogens is 2. The smallest absolute Gasteiger partial charge is 0.304 e. The second-order valence-electron chi connectivity index (χ2n) is 4.36. The van der Waals surface area contributed by atoms with Crippen LogP contribution in [0, 0.1) is 0 Å². The van der Waals surface area contributed by atoms with Crippen molar-refractivity contribution in [2.24, 2.45) is 0 Å². The van der Waals surface area contributed by atoms with Crippen molar-refractivity contribution in [3.05, 3.63) is 49.8 Å². The molecule has 2 aromatic heterocycles. The van der Waals surface area contributed by atoms with Gasteiger partial charge in [-0.15, -0.1) is 11.6 Å². The van der Waals surface area contributed by atoms with E-state index >= 15 is 0 Å². The Morgan fingerprint density at radius 2 is 2.25 bits per heavy atom. The quantitative estimate of drug-likeness (QED) is 0.747. The van der Waals surface area contributed by atoms with E-state index in [4.69, 9.17) is 23.2 Å². The van der Waals surface area contributed by atoms with Crippen LogP contribution in [0.15, 0.2) is 28.4 Å². The molecule has 0 spiro atoms. The lowest BCUT2D eigenvalue weighted by atomic mass is 10.3. The maximum absolute atomic E-state index is 11.2. The molecular weight excluding hydrogens is 317 g/mol. The number of thiazole rings is 1. The highest BCUT2D eigenvalue weighted by atomic mass is 35.5. The lowest BCUT2D eigenvalue weighted by Gasteiger charge is -2.06. The van der Waals surface area contributed by atoms with Gasteiger partial charge in [-0.05, 0) is 18.2 Å². The standard InChI is InChI=1S/C13H11Cl2N3OS/c14-4-3-12-17-10-5-8(15)1-2-11(10)18(12)6-9-7-20-13(19)16-9/h1-2,5,7H,3-4,6H2,(H,16,19). The molecule has 0 atom stereocenters. The van der Waals surface area contributed by atoms with Crippen LogP contribution in [0.3, 0.4) is 0 Å². The molecule has 0 aliphatic heterocycles. The summed E-state index contributed by atoms with van der Waals surface area (Å²) in [5.74, 6) is 1.39. The monoisotopic (exact) mass is 327 g/mol. The third kappa shape index (κ3) is 2.61. The second-order valence-corrected chi connectivity index (χ2v) is 6.02. The second kappa shape index (κ2) is 5.60. The fraction of sp³-hybridized carbons (Fsp3) is 0.231. The van der Waals surface area contributed by atoms with Gasteiger partial charge in [-0.1, -0.05) is 22.9 Å². The summed E-state index contributed by atoms with van der Waals surface area (Å²) in [7, 11) is 0. The van der Waals surface area contributed by atoms with Crippen LogP contribution in [0.2, 0.25) is 5.02 Å². The summed E-state index contributed by atoms with van der Waals surface area (Å²) in [5, 5.41) is 2.48. The van der Waals surface area contributed by atoms with Crippen LogP contribution in [0.1, 0.15) is 11.5 Å². The number of alkyl halides is 1. The predicted molar refractivity (Wildman–Crippen MR) is 83.2 cm³/mol. The number of nitrogens with one attached hydrogen (secondary N) is 1. The zero-order valence-corrected chi connectivity index (χ0v) is 12.7. The Morgan fingerprint density at radius 3 is 2.95 bits per heavy atom. The van der Waals surface area contributed by atoms with Crippen molar-refractivity contribution in [1.82, 2.24) is 14.5 Å². The van der Waals surface area contributed by atoms with E-state index < -0.39 is 0 Å². The first-order valence-corrected chi connectivity index (χ1v) is 7.84. The number of aromatic nitrogens is 3. The van der Waals surface area contributed by atoms with Gasteiger partial charge in [0.05, 0.1) is 17.6 Å². The number of nitrogens with zero attached hydrogens (tertiary/aromatic N) is 2. The van der Waals surface area contributed by atoms with Crippen LogP contribution in [0.25, 0.3) is 11.0 Å². The molecule has 4 nitrogen and oxygen atoms in total. The molecule has 0 saturated carbocycles. The maximum Gasteiger partial charge on any atom is 0.304 e. The molecular formula is C13H11Cl2N3OS. The summed E-state index contributed by atoms with van der Waals surface area (Å²) in [6.07, 6.45) is 0.669. The molecule has 2 heterocycles. The Balaban J connectivity index is 2.10. The topological polar surface area (TPSA) is 50.7 Å². The molecule has 0 fully saturated rings. The summed E-state index contributed by atoms with van der Waals surface area (Å²) in [5.41, 5.74) is 2.70. The zero-order chi connectivity index (χ0) is 14.1. The average Bonchev–Trinajstić information content (AvgIpc) is 2.95. The van der Waals surface area contributed by atoms with Gasteiger partial charge in [0.1, 0.15) is 5.82 Å². The van der Waals surface area contributed by atoms with E-state index in [1.807, 2.05) is 23.6 Å². The van der Waals surface area contributed by atoms with Gasteiger partial charge in [0.2, 0.25) is 0 Å². The van der Waals surface area contributed by atoms with Gasteiger partial charge in [0.25, 0.3) is 0 Å². The third-order valence-corrected chi connectivity index (χ3v) is 4.15. The summed E-state index contributed by atoms with van der Waals surface area (Å²) >= 11 is 13.0. The van der Waals surface area contributed by atoms with Gasteiger partial charge in [-0.3, -0.25) is 4.79 Å². The SMILES string of the molecule is O=c1[nH]c(Cn2c(CCCl)nc3cc(Cl)ccc32)cs1. The van der Waals surface area contributed by atoms with Crippen molar-refractivity contribution in [2.75, 3.05) is 5.88 Å². The Bertz CT molecular complexity index is 805. The van der Waals surface area contributed by atoms with Crippen molar-refractivity contribution in [1.29, 1.82) is 0 Å². The number of rotatable bonds is 4. The van der Waals surface area contributed by atoms with E-state index in [1.54, 1.807) is 0 Å². The summed E-state index contributed by atoms with van der Waals surface area (Å²) in [4.78, 5) is 18.6. The van der Waals surface area contributed by atoms with Gasteiger partial charge in [0.15, 0.2) is 0 Å². The van der Waals surface area contributed by atoms with Gasteiger partial charge in [-0.25, -0.2) is 4.98 Å². The fourth-order valence-electron chi connectivity index (χ4n) is 2.17. The van der Waals surface area contributed by atoms with Crippen molar-refractivity contribution in [3.63, 3.8) is 0 Å². The number of H-pyrrole nitrogens is 1. The molecule has 0 saturated heterocycles. The van der Waals surface area contributed by atoms with Crippen LogP contribution < -0.4 is 4.87 Å². The lowest BCUT2D eigenvalue weighted by Crippen LogP contribution is -2.07. The summed E-state index contributed by atoms with van der Waals surface area (Å²) in [6.45, 7) is 0.573. The van der Waals surface area contributed by atoms with E-state index in [0.29, 0.717) is 23.9 Å².